The first-order valence-electron chi connectivity index (χ1n) is 23.3. The van der Waals surface area contributed by atoms with Gasteiger partial charge in [-0.05, 0) is 106 Å². The van der Waals surface area contributed by atoms with Crippen LogP contribution in [0, 0.1) is 24.0 Å². The van der Waals surface area contributed by atoms with Crippen molar-refractivity contribution in [2.24, 2.45) is 0 Å². The van der Waals surface area contributed by atoms with Gasteiger partial charge < -0.3 is 19.4 Å². The number of aromatic nitrogens is 3. The number of pyridine rings is 3. The Morgan fingerprint density at radius 3 is 1.77 bits per heavy atom. The maximum Gasteiger partial charge on any atom is 3.00 e. The molecule has 1 fully saturated rings. The first-order chi connectivity index (χ1) is 31.9. The Morgan fingerprint density at radius 2 is 1.23 bits per heavy atom. The van der Waals surface area contributed by atoms with Crippen molar-refractivity contribution >= 4 is 21.9 Å². The molecule has 10 rings (SSSR count). The molecule has 0 saturated heterocycles. The molecule has 0 atom stereocenters. The fourth-order valence-corrected chi connectivity index (χ4v) is 10.0. The summed E-state index contributed by atoms with van der Waals surface area (Å²) in [5.41, 5.74) is 12.9. The number of hydrogen-bond donors (Lipinski definition) is 0. The molecule has 6 heteroatoms. The number of rotatable bonds is 12. The summed E-state index contributed by atoms with van der Waals surface area (Å²) in [5, 5.41) is 1.25. The molecule has 1 aliphatic carbocycles. The molecule has 0 aliphatic heterocycles. The molecule has 9 aromatic rings. The Hall–Kier alpha value is -6.07. The van der Waals surface area contributed by atoms with Crippen LogP contribution in [0.1, 0.15) is 89.5 Å². The van der Waals surface area contributed by atoms with E-state index in [1.165, 1.54) is 39.4 Å². The molecule has 0 spiro atoms. The van der Waals surface area contributed by atoms with Crippen LogP contribution in [0.5, 0.6) is 0 Å². The molecule has 0 N–H and O–H groups in total. The quantitative estimate of drug-likeness (QED) is 0.114. The second-order valence-corrected chi connectivity index (χ2v) is 19.0. The largest absolute Gasteiger partial charge is 3.00 e. The number of fused-ring (bicyclic) bond motifs is 3. The SMILES string of the molecule is [2H]c1cc2c(oc3c(-c4ccc(C5(Cc6cc(CC(C)(C)c7ccc(-c8[c-]cccc8)nc7)cc(CC(C)(C)c7ccc(-c8[c-]cccc8)nc7)c6)CCCC5)cn4)[c-]ccc32)c([2H])c1F.[Ir+3]. The topological polar surface area (TPSA) is 51.8 Å². The second-order valence-electron chi connectivity index (χ2n) is 19.0. The third-order valence-electron chi connectivity index (χ3n) is 13.5. The van der Waals surface area contributed by atoms with Crippen LogP contribution in [-0.4, -0.2) is 15.0 Å². The van der Waals surface area contributed by atoms with Gasteiger partial charge in [-0.3, -0.25) is 0 Å². The summed E-state index contributed by atoms with van der Waals surface area (Å²) >= 11 is 0. The smallest absolute Gasteiger partial charge is 0.500 e. The molecule has 0 bridgehead atoms. The van der Waals surface area contributed by atoms with E-state index in [0.29, 0.717) is 27.6 Å². The molecule has 65 heavy (non-hydrogen) atoms. The average Bonchev–Trinajstić information content (AvgIpc) is 3.97. The third kappa shape index (κ3) is 9.12. The third-order valence-corrected chi connectivity index (χ3v) is 13.5. The van der Waals surface area contributed by atoms with E-state index in [1.54, 1.807) is 6.07 Å². The summed E-state index contributed by atoms with van der Waals surface area (Å²) in [4.78, 5) is 14.8. The first-order valence-corrected chi connectivity index (χ1v) is 22.3. The van der Waals surface area contributed by atoms with Gasteiger partial charge in [-0.2, -0.15) is 0 Å². The van der Waals surface area contributed by atoms with Crippen LogP contribution in [0.15, 0.2) is 156 Å². The number of furan rings is 1. The van der Waals surface area contributed by atoms with Crippen molar-refractivity contribution in [3.05, 3.63) is 209 Å². The Morgan fingerprint density at radius 1 is 0.646 bits per heavy atom. The van der Waals surface area contributed by atoms with Gasteiger partial charge in [0.05, 0.1) is 8.32 Å². The molecule has 0 radical (unpaired) electrons. The minimum Gasteiger partial charge on any atom is -0.500 e. The van der Waals surface area contributed by atoms with E-state index in [0.717, 1.165) is 67.5 Å². The van der Waals surface area contributed by atoms with Crippen LogP contribution in [-0.2, 0) is 55.6 Å². The van der Waals surface area contributed by atoms with E-state index in [1.807, 2.05) is 79.3 Å². The molecular weight excluding hydrogens is 978 g/mol. The summed E-state index contributed by atoms with van der Waals surface area (Å²) in [7, 11) is 0. The summed E-state index contributed by atoms with van der Waals surface area (Å²) in [6.07, 6.45) is 13.1. The molecule has 4 heterocycles. The van der Waals surface area contributed by atoms with Gasteiger partial charge in [-0.1, -0.05) is 106 Å². The number of halogens is 1. The van der Waals surface area contributed by atoms with Crippen molar-refractivity contribution in [1.29, 1.82) is 0 Å². The molecule has 1 saturated carbocycles. The number of hydrogen-bond acceptors (Lipinski definition) is 4. The summed E-state index contributed by atoms with van der Waals surface area (Å²) in [5.74, 6) is -0.892. The second kappa shape index (κ2) is 18.1. The van der Waals surface area contributed by atoms with Crippen LogP contribution in [0.2, 0.25) is 0 Å². The standard InChI is InChI=1S/C59H51FN3O.Ir/c1-57(2,45-20-25-52(61-37-45)43-14-7-5-8-15-43)34-40-30-41(35-58(3,4)46-21-26-53(62-38-46)44-16-9-6-10-17-44)32-42(31-40)36-59(28-11-12-29-59)47-22-27-54(63-39-47)51-19-13-18-50-49-24-23-48(60)33-55(49)64-56(50)51;/h5-10,13-14,16,18,20-27,30-33,37-39H,11-12,28-29,34-36H2,1-4H3;/q-3;+3/i23D,33D;. The minimum atomic E-state index is -0.892. The zero-order valence-corrected chi connectivity index (χ0v) is 39.6. The summed E-state index contributed by atoms with van der Waals surface area (Å²) in [6, 6.07) is 50.4. The van der Waals surface area contributed by atoms with Gasteiger partial charge in [-0.25, -0.2) is 4.39 Å². The van der Waals surface area contributed by atoms with Gasteiger partial charge in [0.15, 0.2) is 0 Å². The maximum absolute atomic E-state index is 14.6. The van der Waals surface area contributed by atoms with E-state index in [-0.39, 0.29) is 48.0 Å². The van der Waals surface area contributed by atoms with Crippen molar-refractivity contribution in [2.45, 2.75) is 88.9 Å². The molecule has 4 nitrogen and oxygen atoms in total. The normalized spacial score (nSPS) is 14.3. The zero-order chi connectivity index (χ0) is 45.6. The molecule has 324 valence electrons. The Bertz CT molecular complexity index is 3070. The monoisotopic (exact) mass is 1030 g/mol. The molecule has 4 aromatic heterocycles. The molecule has 0 unspecified atom stereocenters. The van der Waals surface area contributed by atoms with Crippen LogP contribution in [0.3, 0.4) is 0 Å². The van der Waals surface area contributed by atoms with Crippen molar-refractivity contribution < 1.29 is 31.7 Å². The van der Waals surface area contributed by atoms with Crippen molar-refractivity contribution in [1.82, 2.24) is 15.0 Å². The van der Waals surface area contributed by atoms with Gasteiger partial charge in [-0.15, -0.1) is 90.0 Å². The van der Waals surface area contributed by atoms with Crippen LogP contribution in [0.4, 0.5) is 4.39 Å². The van der Waals surface area contributed by atoms with Crippen LogP contribution >= 0.6 is 0 Å². The van der Waals surface area contributed by atoms with Crippen molar-refractivity contribution in [2.75, 3.05) is 0 Å². The predicted molar refractivity (Wildman–Crippen MR) is 257 cm³/mol. The summed E-state index contributed by atoms with van der Waals surface area (Å²) in [6.45, 7) is 9.27. The summed E-state index contributed by atoms with van der Waals surface area (Å²) < 4.78 is 37.1. The molecule has 0 amide bonds. The van der Waals surface area contributed by atoms with Gasteiger partial charge in [0.2, 0.25) is 0 Å². The number of nitrogens with zero attached hydrogens (tertiary/aromatic N) is 3. The van der Waals surface area contributed by atoms with Gasteiger partial charge in [0.1, 0.15) is 11.4 Å². The van der Waals surface area contributed by atoms with E-state index in [4.69, 9.17) is 22.1 Å². The maximum atomic E-state index is 14.6. The Kier molecular flexibility index (Phi) is 11.6. The van der Waals surface area contributed by atoms with E-state index in [2.05, 4.69) is 94.4 Å². The van der Waals surface area contributed by atoms with E-state index >= 15 is 0 Å². The molecule has 1 aliphatic rings. The fourth-order valence-electron chi connectivity index (χ4n) is 10.0. The fraction of sp³-hybridized carbons (Fsp3) is 0.237. The van der Waals surface area contributed by atoms with Gasteiger partial charge >= 0.3 is 20.1 Å². The van der Waals surface area contributed by atoms with Crippen LogP contribution in [0.25, 0.3) is 55.7 Å². The van der Waals surface area contributed by atoms with Crippen LogP contribution < -0.4 is 0 Å². The zero-order valence-electron chi connectivity index (χ0n) is 39.2. The number of benzene rings is 5. The molecule has 5 aromatic carbocycles. The minimum absolute atomic E-state index is 0. The van der Waals surface area contributed by atoms with E-state index < -0.39 is 11.9 Å². The average molecular weight is 1030 g/mol. The van der Waals surface area contributed by atoms with E-state index in [9.17, 15) is 4.39 Å². The Labute approximate surface area is 398 Å². The Balaban J connectivity index is 0.00000562. The van der Waals surface area contributed by atoms with Gasteiger partial charge in [0, 0.05) is 35.4 Å². The molecular formula is C59H51FIrN3O. The van der Waals surface area contributed by atoms with Crippen molar-refractivity contribution in [3.63, 3.8) is 0 Å². The first kappa shape index (κ1) is 41.6. The predicted octanol–water partition coefficient (Wildman–Crippen LogP) is 14.4. The van der Waals surface area contributed by atoms with Crippen molar-refractivity contribution in [3.8, 4) is 33.8 Å². The van der Waals surface area contributed by atoms with Gasteiger partial charge in [0.25, 0.3) is 0 Å².